The van der Waals surface area contributed by atoms with Crippen LogP contribution in [0.15, 0.2) is 34.9 Å². The minimum absolute atomic E-state index is 0.0848. The molecular formula is C20H23NO5S2. The molecule has 28 heavy (non-hydrogen) atoms. The van der Waals surface area contributed by atoms with Crippen LogP contribution in [-0.4, -0.2) is 25.7 Å². The first kappa shape index (κ1) is 19.5. The molecule has 8 heteroatoms. The van der Waals surface area contributed by atoms with Crippen molar-refractivity contribution >= 4 is 32.9 Å². The zero-order valence-corrected chi connectivity index (χ0v) is 17.5. The average molecular weight is 422 g/mol. The Bertz CT molecular complexity index is 1020. The van der Waals surface area contributed by atoms with Gasteiger partial charge in [-0.05, 0) is 48.4 Å². The predicted octanol–water partition coefficient (Wildman–Crippen LogP) is 3.39. The summed E-state index contributed by atoms with van der Waals surface area (Å²) in [5.74, 6) is 0.236. The van der Waals surface area contributed by atoms with Gasteiger partial charge in [-0.1, -0.05) is 13.8 Å². The van der Waals surface area contributed by atoms with Gasteiger partial charge in [0.25, 0.3) is 0 Å². The number of fused-ring (bicyclic) bond motifs is 2. The molecule has 1 N–H and O–H groups in total. The predicted molar refractivity (Wildman–Crippen MR) is 106 cm³/mol. The highest BCUT2D eigenvalue weighted by molar-refractivity contribution is 7.89. The number of thiophene rings is 1. The summed E-state index contributed by atoms with van der Waals surface area (Å²) >= 11 is 1.23. The third-order valence-electron chi connectivity index (χ3n) is 6.67. The van der Waals surface area contributed by atoms with Crippen molar-refractivity contribution in [1.29, 1.82) is 0 Å². The lowest BCUT2D eigenvalue weighted by molar-refractivity contribution is -0.128. The Kier molecular flexibility index (Phi) is 4.63. The van der Waals surface area contributed by atoms with Gasteiger partial charge < -0.3 is 4.42 Å². The maximum atomic E-state index is 12.8. The van der Waals surface area contributed by atoms with Crippen molar-refractivity contribution in [2.75, 3.05) is 5.75 Å². The van der Waals surface area contributed by atoms with Gasteiger partial charge in [0, 0.05) is 23.3 Å². The Morgan fingerprint density at radius 1 is 1.32 bits per heavy atom. The van der Waals surface area contributed by atoms with Crippen molar-refractivity contribution in [2.24, 2.45) is 16.7 Å². The molecule has 2 aromatic heterocycles. The molecule has 2 aliphatic rings. The van der Waals surface area contributed by atoms with E-state index in [9.17, 15) is 18.0 Å². The second-order valence-corrected chi connectivity index (χ2v) is 11.3. The fraction of sp³-hybridized carbons (Fsp3) is 0.500. The number of hydrogen-bond donors (Lipinski definition) is 1. The number of carbonyl (C=O) groups excluding carboxylic acids is 2. The highest BCUT2D eigenvalue weighted by Gasteiger charge is 2.65. The zero-order valence-electron chi connectivity index (χ0n) is 15.9. The van der Waals surface area contributed by atoms with Crippen LogP contribution in [0.3, 0.4) is 0 Å². The van der Waals surface area contributed by atoms with Crippen molar-refractivity contribution in [2.45, 2.75) is 39.7 Å². The van der Waals surface area contributed by atoms with Crippen molar-refractivity contribution in [3.63, 3.8) is 0 Å². The molecule has 0 aliphatic heterocycles. The molecule has 0 spiro atoms. The molecular weight excluding hydrogens is 398 g/mol. The molecule has 2 bridgehead atoms. The number of hydrogen-bond acceptors (Lipinski definition) is 6. The normalized spacial score (nSPS) is 26.1. The average Bonchev–Trinajstić information content (AvgIpc) is 3.38. The summed E-state index contributed by atoms with van der Waals surface area (Å²) in [5, 5.41) is 0. The summed E-state index contributed by atoms with van der Waals surface area (Å²) in [7, 11) is -3.63. The molecule has 0 radical (unpaired) electrons. The van der Waals surface area contributed by atoms with Crippen molar-refractivity contribution in [1.82, 2.24) is 4.72 Å². The van der Waals surface area contributed by atoms with E-state index in [1.807, 2.05) is 13.8 Å². The SMILES string of the molecule is CC1(C)[C@H]2CC[C@@]1(CS(=O)(=O)NCc1ccc(C(=O)c3ccco3)s1)C(=O)C2. The number of Topliss-reactive ketones (excluding diaryl/α,β-unsaturated/α-hetero) is 1. The molecule has 2 saturated carbocycles. The summed E-state index contributed by atoms with van der Waals surface area (Å²) in [4.78, 5) is 26.1. The molecule has 2 aromatic rings. The fourth-order valence-corrected chi connectivity index (χ4v) is 7.58. The number of furan rings is 1. The number of sulfonamides is 1. The number of nitrogens with one attached hydrogen (secondary N) is 1. The number of carbonyl (C=O) groups is 2. The van der Waals surface area contributed by atoms with E-state index in [0.29, 0.717) is 17.7 Å². The molecule has 2 aliphatic carbocycles. The Morgan fingerprint density at radius 2 is 2.11 bits per heavy atom. The smallest absolute Gasteiger partial charge is 0.238 e. The zero-order chi connectivity index (χ0) is 20.2. The quantitative estimate of drug-likeness (QED) is 0.692. The van der Waals surface area contributed by atoms with Gasteiger partial charge in [0.2, 0.25) is 15.8 Å². The van der Waals surface area contributed by atoms with E-state index >= 15 is 0 Å². The third kappa shape index (κ3) is 3.07. The molecule has 0 amide bonds. The van der Waals surface area contributed by atoms with Gasteiger partial charge in [0.15, 0.2) is 5.76 Å². The van der Waals surface area contributed by atoms with Crippen LogP contribution in [0, 0.1) is 16.7 Å². The second kappa shape index (κ2) is 6.64. The molecule has 0 unspecified atom stereocenters. The lowest BCUT2D eigenvalue weighted by Gasteiger charge is -2.36. The molecule has 6 nitrogen and oxygen atoms in total. The van der Waals surface area contributed by atoms with Crippen LogP contribution >= 0.6 is 11.3 Å². The lowest BCUT2D eigenvalue weighted by atomic mass is 9.70. The Hall–Kier alpha value is -1.77. The molecule has 2 fully saturated rings. The number of ketones is 2. The first-order valence-corrected chi connectivity index (χ1v) is 11.8. The van der Waals surface area contributed by atoms with Crippen molar-refractivity contribution < 1.29 is 22.4 Å². The van der Waals surface area contributed by atoms with E-state index in [0.717, 1.165) is 11.3 Å². The Morgan fingerprint density at radius 3 is 2.71 bits per heavy atom. The van der Waals surface area contributed by atoms with Crippen LogP contribution in [0.1, 0.15) is 53.4 Å². The van der Waals surface area contributed by atoms with E-state index in [1.54, 1.807) is 24.3 Å². The van der Waals surface area contributed by atoms with Gasteiger partial charge in [-0.25, -0.2) is 13.1 Å². The van der Waals surface area contributed by atoms with Crippen molar-refractivity contribution in [3.8, 4) is 0 Å². The molecule has 150 valence electrons. The molecule has 4 rings (SSSR count). The highest BCUT2D eigenvalue weighted by Crippen LogP contribution is 2.64. The highest BCUT2D eigenvalue weighted by atomic mass is 32.2. The van der Waals surface area contributed by atoms with Crippen molar-refractivity contribution in [3.05, 3.63) is 46.0 Å². The second-order valence-electron chi connectivity index (χ2n) is 8.32. The number of rotatable bonds is 7. The van der Waals surface area contributed by atoms with Gasteiger partial charge in [0.05, 0.1) is 16.9 Å². The Balaban J connectivity index is 1.44. The summed E-state index contributed by atoms with van der Waals surface area (Å²) < 4.78 is 33.3. The van der Waals surface area contributed by atoms with Gasteiger partial charge in [-0.15, -0.1) is 11.3 Å². The summed E-state index contributed by atoms with van der Waals surface area (Å²) in [5.41, 5.74) is -1.07. The van der Waals surface area contributed by atoms with E-state index in [2.05, 4.69) is 4.72 Å². The van der Waals surface area contributed by atoms with E-state index in [-0.39, 0.29) is 41.0 Å². The van der Waals surface area contributed by atoms with Crippen LogP contribution < -0.4 is 4.72 Å². The maximum Gasteiger partial charge on any atom is 0.238 e. The van der Waals surface area contributed by atoms with Crippen LogP contribution in [0.4, 0.5) is 0 Å². The monoisotopic (exact) mass is 421 g/mol. The molecule has 0 saturated heterocycles. The standard InChI is InChI=1S/C20H23NO5S2/c1-19(2)13-7-8-20(19,17(22)10-13)12-28(24,25)21-11-14-5-6-16(27-14)18(23)15-4-3-9-26-15/h3-6,9,13,21H,7-8,10-12H2,1-2H3/t13-,20+/m0/s1. The molecule has 2 atom stereocenters. The van der Waals surface area contributed by atoms with Crippen LogP contribution in [0.5, 0.6) is 0 Å². The third-order valence-corrected chi connectivity index (χ3v) is 9.21. The van der Waals surface area contributed by atoms with E-state index in [4.69, 9.17) is 4.42 Å². The minimum atomic E-state index is -3.63. The van der Waals surface area contributed by atoms with Crippen LogP contribution in [0.2, 0.25) is 0 Å². The van der Waals surface area contributed by atoms with Crippen LogP contribution in [-0.2, 0) is 21.4 Å². The van der Waals surface area contributed by atoms with Gasteiger partial charge in [-0.2, -0.15) is 0 Å². The Labute approximate surface area is 168 Å². The summed E-state index contributed by atoms with van der Waals surface area (Å²) in [6.07, 6.45) is 3.49. The first-order chi connectivity index (χ1) is 13.1. The lowest BCUT2D eigenvalue weighted by Crippen LogP contribution is -2.45. The minimum Gasteiger partial charge on any atom is -0.461 e. The largest absolute Gasteiger partial charge is 0.461 e. The summed E-state index contributed by atoms with van der Waals surface area (Å²) in [6, 6.07) is 6.65. The molecule has 2 heterocycles. The fourth-order valence-electron chi connectivity index (χ4n) is 4.79. The van der Waals surface area contributed by atoms with E-state index in [1.165, 1.54) is 17.6 Å². The maximum absolute atomic E-state index is 12.8. The first-order valence-electron chi connectivity index (χ1n) is 9.32. The van der Waals surface area contributed by atoms with E-state index < -0.39 is 15.4 Å². The van der Waals surface area contributed by atoms with Gasteiger partial charge in [0.1, 0.15) is 5.78 Å². The van der Waals surface area contributed by atoms with Gasteiger partial charge >= 0.3 is 0 Å². The molecule has 0 aromatic carbocycles. The topological polar surface area (TPSA) is 93.4 Å². The van der Waals surface area contributed by atoms with Gasteiger partial charge in [-0.3, -0.25) is 9.59 Å². The summed E-state index contributed by atoms with van der Waals surface area (Å²) in [6.45, 7) is 4.15. The van der Waals surface area contributed by atoms with Crippen LogP contribution in [0.25, 0.3) is 0 Å².